The number of anilines is 1. The molecule has 0 aliphatic heterocycles. The predicted octanol–water partition coefficient (Wildman–Crippen LogP) is 5.37. The number of hydrogen-bond donors (Lipinski definition) is 1. The lowest BCUT2D eigenvalue weighted by Gasteiger charge is -2.08. The highest BCUT2D eigenvalue weighted by Crippen LogP contribution is 2.24. The lowest BCUT2D eigenvalue weighted by atomic mass is 10.1. The Morgan fingerprint density at radius 2 is 1.95 bits per heavy atom. The van der Waals surface area contributed by atoms with Gasteiger partial charge in [-0.3, -0.25) is 0 Å². The highest BCUT2D eigenvalue weighted by atomic mass is 79.9. The molecule has 21 heavy (non-hydrogen) atoms. The van der Waals surface area contributed by atoms with Gasteiger partial charge in [0.1, 0.15) is 0 Å². The van der Waals surface area contributed by atoms with Gasteiger partial charge in [-0.2, -0.15) is 0 Å². The Morgan fingerprint density at radius 3 is 2.62 bits per heavy atom. The second kappa shape index (κ2) is 6.33. The number of oxazole rings is 1. The molecule has 3 aromatic rings. The van der Waals surface area contributed by atoms with Crippen LogP contribution < -0.4 is 5.32 Å². The predicted molar refractivity (Wildman–Crippen MR) is 88.4 cm³/mol. The zero-order valence-corrected chi connectivity index (χ0v) is 13.4. The fourth-order valence-electron chi connectivity index (χ4n) is 1.96. The van der Waals surface area contributed by atoms with Gasteiger partial charge in [-0.25, -0.2) is 4.98 Å². The Balaban J connectivity index is 1.66. The van der Waals surface area contributed by atoms with E-state index in [1.807, 2.05) is 42.5 Å². The smallest absolute Gasteiger partial charge is 0.181 e. The molecule has 3 nitrogen and oxygen atoms in total. The molecule has 5 heteroatoms. The van der Waals surface area contributed by atoms with Gasteiger partial charge in [0.05, 0.1) is 11.2 Å². The molecule has 0 radical (unpaired) electrons. The highest BCUT2D eigenvalue weighted by Gasteiger charge is 2.02. The average Bonchev–Trinajstić information content (AvgIpc) is 3.03. The lowest BCUT2D eigenvalue weighted by molar-refractivity contribution is 0.572. The van der Waals surface area contributed by atoms with Crippen LogP contribution in [0.2, 0.25) is 5.02 Å². The third-order valence-corrected chi connectivity index (χ3v) is 4.31. The van der Waals surface area contributed by atoms with Crippen molar-refractivity contribution in [2.75, 3.05) is 5.32 Å². The molecule has 0 saturated carbocycles. The first-order valence-electron chi connectivity index (χ1n) is 6.39. The first kappa shape index (κ1) is 14.2. The Hall–Kier alpha value is -1.78. The van der Waals surface area contributed by atoms with E-state index in [1.165, 1.54) is 6.39 Å². The molecule has 0 fully saturated rings. The highest BCUT2D eigenvalue weighted by molar-refractivity contribution is 9.10. The molecule has 3 rings (SSSR count). The maximum absolute atomic E-state index is 6.08. The van der Waals surface area contributed by atoms with Gasteiger partial charge in [0.2, 0.25) is 0 Å². The van der Waals surface area contributed by atoms with Gasteiger partial charge in [-0.15, -0.1) is 0 Å². The molecule has 106 valence electrons. The van der Waals surface area contributed by atoms with Gasteiger partial charge in [0.25, 0.3) is 0 Å². The minimum Gasteiger partial charge on any atom is -0.444 e. The summed E-state index contributed by atoms with van der Waals surface area (Å²) < 4.78 is 6.17. The van der Waals surface area contributed by atoms with E-state index in [2.05, 4.69) is 26.2 Å². The molecule has 1 N–H and O–H groups in total. The van der Waals surface area contributed by atoms with Gasteiger partial charge >= 0.3 is 0 Å². The van der Waals surface area contributed by atoms with Crippen molar-refractivity contribution in [2.24, 2.45) is 0 Å². The summed E-state index contributed by atoms with van der Waals surface area (Å²) >= 11 is 9.47. The molecule has 0 aliphatic carbocycles. The van der Waals surface area contributed by atoms with Crippen molar-refractivity contribution in [1.29, 1.82) is 0 Å². The molecular weight excluding hydrogens is 352 g/mol. The molecule has 0 amide bonds. The van der Waals surface area contributed by atoms with Crippen LogP contribution in [0.3, 0.4) is 0 Å². The minimum absolute atomic E-state index is 0.717. The molecule has 0 bridgehead atoms. The van der Waals surface area contributed by atoms with Crippen LogP contribution >= 0.6 is 27.5 Å². The van der Waals surface area contributed by atoms with Crippen molar-refractivity contribution < 1.29 is 4.42 Å². The van der Waals surface area contributed by atoms with Crippen LogP contribution in [0, 0.1) is 0 Å². The van der Waals surface area contributed by atoms with Gasteiger partial charge < -0.3 is 9.73 Å². The molecule has 1 aromatic heterocycles. The number of halogens is 2. The zero-order chi connectivity index (χ0) is 14.7. The van der Waals surface area contributed by atoms with Gasteiger partial charge in [-0.1, -0.05) is 17.7 Å². The van der Waals surface area contributed by atoms with Crippen LogP contribution in [0.15, 0.2) is 63.9 Å². The molecule has 0 atom stereocenters. The quantitative estimate of drug-likeness (QED) is 0.677. The van der Waals surface area contributed by atoms with Crippen LogP contribution in [-0.4, -0.2) is 4.98 Å². The Morgan fingerprint density at radius 1 is 1.14 bits per heavy atom. The van der Waals surface area contributed by atoms with Crippen LogP contribution in [0.1, 0.15) is 5.56 Å². The first-order chi connectivity index (χ1) is 10.2. The van der Waals surface area contributed by atoms with E-state index >= 15 is 0 Å². The van der Waals surface area contributed by atoms with Crippen molar-refractivity contribution in [3.05, 3.63) is 70.1 Å². The largest absolute Gasteiger partial charge is 0.444 e. The molecule has 0 spiro atoms. The summed E-state index contributed by atoms with van der Waals surface area (Å²) in [6.07, 6.45) is 3.13. The summed E-state index contributed by atoms with van der Waals surface area (Å²) in [4.78, 5) is 3.91. The number of hydrogen-bond acceptors (Lipinski definition) is 3. The summed E-state index contributed by atoms with van der Waals surface area (Å²) in [5.74, 6) is 0.765. The minimum atomic E-state index is 0.717. The molecule has 0 aliphatic rings. The van der Waals surface area contributed by atoms with Crippen molar-refractivity contribution in [1.82, 2.24) is 4.98 Å². The topological polar surface area (TPSA) is 38.1 Å². The van der Waals surface area contributed by atoms with Crippen LogP contribution in [0.5, 0.6) is 0 Å². The average molecular weight is 364 g/mol. The summed E-state index contributed by atoms with van der Waals surface area (Å²) in [7, 11) is 0. The molecule has 0 saturated heterocycles. The van der Waals surface area contributed by atoms with E-state index in [1.54, 1.807) is 6.20 Å². The SMILES string of the molecule is Clc1cc(CNc2ccc(-c3cnco3)cc2)ccc1Br. The lowest BCUT2D eigenvalue weighted by Crippen LogP contribution is -1.99. The molecule has 2 aromatic carbocycles. The van der Waals surface area contributed by atoms with E-state index in [0.29, 0.717) is 6.54 Å². The van der Waals surface area contributed by atoms with Crippen LogP contribution in [0.4, 0.5) is 5.69 Å². The number of nitrogens with zero attached hydrogens (tertiary/aromatic N) is 1. The maximum atomic E-state index is 6.08. The first-order valence-corrected chi connectivity index (χ1v) is 7.56. The Labute approximate surface area is 136 Å². The van der Waals surface area contributed by atoms with Crippen LogP contribution in [0.25, 0.3) is 11.3 Å². The second-order valence-electron chi connectivity index (χ2n) is 4.55. The third-order valence-electron chi connectivity index (χ3n) is 3.08. The Bertz CT molecular complexity index is 727. The number of rotatable bonds is 4. The number of benzene rings is 2. The zero-order valence-electron chi connectivity index (χ0n) is 11.0. The van der Waals surface area contributed by atoms with E-state index < -0.39 is 0 Å². The van der Waals surface area contributed by atoms with Crippen molar-refractivity contribution in [3.8, 4) is 11.3 Å². The molecular formula is C16H12BrClN2O. The normalized spacial score (nSPS) is 10.6. The monoisotopic (exact) mass is 362 g/mol. The summed E-state index contributed by atoms with van der Waals surface area (Å²) in [5, 5.41) is 4.08. The van der Waals surface area contributed by atoms with Crippen molar-refractivity contribution in [2.45, 2.75) is 6.54 Å². The summed E-state index contributed by atoms with van der Waals surface area (Å²) in [6.45, 7) is 0.717. The molecule has 1 heterocycles. The van der Waals surface area contributed by atoms with E-state index in [9.17, 15) is 0 Å². The number of aromatic nitrogens is 1. The van der Waals surface area contributed by atoms with E-state index in [-0.39, 0.29) is 0 Å². The van der Waals surface area contributed by atoms with E-state index in [0.717, 1.165) is 32.1 Å². The molecule has 0 unspecified atom stereocenters. The van der Waals surface area contributed by atoms with Crippen molar-refractivity contribution >= 4 is 33.2 Å². The second-order valence-corrected chi connectivity index (χ2v) is 5.81. The fourth-order valence-corrected chi connectivity index (χ4v) is 2.41. The maximum Gasteiger partial charge on any atom is 0.181 e. The third kappa shape index (κ3) is 3.46. The van der Waals surface area contributed by atoms with E-state index in [4.69, 9.17) is 16.0 Å². The van der Waals surface area contributed by atoms with Gasteiger partial charge in [0.15, 0.2) is 12.2 Å². The van der Waals surface area contributed by atoms with Gasteiger partial charge in [-0.05, 0) is 57.9 Å². The van der Waals surface area contributed by atoms with Crippen molar-refractivity contribution in [3.63, 3.8) is 0 Å². The van der Waals surface area contributed by atoms with Crippen LogP contribution in [-0.2, 0) is 6.54 Å². The standard InChI is InChI=1S/C16H12BrClN2O/c17-14-6-1-11(7-15(14)18)8-20-13-4-2-12(3-5-13)16-9-19-10-21-16/h1-7,9-10,20H,8H2. The fraction of sp³-hybridized carbons (Fsp3) is 0.0625. The van der Waals surface area contributed by atoms with Gasteiger partial charge in [0, 0.05) is 22.3 Å². The summed E-state index contributed by atoms with van der Waals surface area (Å²) in [5.41, 5.74) is 3.17. The number of nitrogens with one attached hydrogen (secondary N) is 1. The summed E-state index contributed by atoms with van der Waals surface area (Å²) in [6, 6.07) is 13.9. The Kier molecular flexibility index (Phi) is 4.27.